The zero-order valence-electron chi connectivity index (χ0n) is 32.0. The van der Waals surface area contributed by atoms with E-state index in [1.807, 2.05) is 6.92 Å². The Morgan fingerprint density at radius 2 is 1.15 bits per heavy atom. The molecule has 3 atom stereocenters. The van der Waals surface area contributed by atoms with Crippen LogP contribution >= 0.6 is 11.8 Å². The number of thioether (sulfide) groups is 1. The number of nitrogens with two attached hydrogens (primary N) is 1. The van der Waals surface area contributed by atoms with Gasteiger partial charge in [-0.15, -0.1) is 0 Å². The molecule has 0 aliphatic rings. The van der Waals surface area contributed by atoms with Gasteiger partial charge in [-0.25, -0.2) is 0 Å². The number of amides is 1. The zero-order valence-corrected chi connectivity index (χ0v) is 32.8. The van der Waals surface area contributed by atoms with E-state index in [0.717, 1.165) is 71.0 Å². The summed E-state index contributed by atoms with van der Waals surface area (Å²) in [5, 5.41) is 3.04. The van der Waals surface area contributed by atoms with E-state index >= 15 is 0 Å². The van der Waals surface area contributed by atoms with E-state index in [1.165, 1.54) is 88.8 Å². The van der Waals surface area contributed by atoms with Crippen molar-refractivity contribution in [2.75, 3.05) is 37.7 Å². The predicted molar refractivity (Wildman–Crippen MR) is 204 cm³/mol. The van der Waals surface area contributed by atoms with Crippen LogP contribution in [0, 0.1) is 0 Å². The third kappa shape index (κ3) is 29.6. The van der Waals surface area contributed by atoms with Crippen molar-refractivity contribution in [3.05, 3.63) is 0 Å². The van der Waals surface area contributed by atoms with E-state index in [1.54, 1.807) is 0 Å². The van der Waals surface area contributed by atoms with Crippen molar-refractivity contribution in [1.29, 1.82) is 0 Å². The van der Waals surface area contributed by atoms with E-state index in [2.05, 4.69) is 37.9 Å². The van der Waals surface area contributed by atoms with Crippen LogP contribution in [0.1, 0.15) is 176 Å². The van der Waals surface area contributed by atoms with Gasteiger partial charge in [0, 0.05) is 30.4 Å². The van der Waals surface area contributed by atoms with Crippen LogP contribution in [0.15, 0.2) is 0 Å². The molecule has 0 fully saturated rings. The lowest BCUT2D eigenvalue weighted by atomic mass is 10.1. The Morgan fingerprint density at radius 1 is 0.667 bits per heavy atom. The molecule has 0 aromatic heterocycles. The average molecular weight is 700 g/mol. The van der Waals surface area contributed by atoms with Crippen molar-refractivity contribution >= 4 is 29.6 Å². The van der Waals surface area contributed by atoms with E-state index < -0.39 is 12.1 Å². The second kappa shape index (κ2) is 34.1. The average Bonchev–Trinajstić information content (AvgIpc) is 3.07. The van der Waals surface area contributed by atoms with Crippen molar-refractivity contribution in [3.63, 3.8) is 0 Å². The number of carbonyl (C=O) groups excluding carboxylic acids is 3. The van der Waals surface area contributed by atoms with Crippen molar-refractivity contribution in [2.45, 2.75) is 194 Å². The first-order valence-electron chi connectivity index (χ1n) is 20.0. The first-order valence-corrected chi connectivity index (χ1v) is 21.1. The monoisotopic (exact) mass is 700 g/mol. The molecule has 0 aromatic rings. The van der Waals surface area contributed by atoms with Crippen molar-refractivity contribution < 1.29 is 23.9 Å². The molecule has 0 saturated heterocycles. The van der Waals surface area contributed by atoms with Gasteiger partial charge in [-0.2, -0.15) is 11.8 Å². The Bertz CT molecular complexity index is 768. The molecular weight excluding hydrogens is 623 g/mol. The highest BCUT2D eigenvalue weighted by molar-refractivity contribution is 7.99. The standard InChI is InChI=1S/C39H77N3O5S/c1-6-10-12-14-16-18-20-22-24-28-37(43)46-31-35(47-38(44)29-25-23-21-19-17-15-13-11-7-2)32-48-33-36(40)39(45)41-34(5)27-26-30-42(8-3)9-4/h34-36H,6-33,40H2,1-5H3,(H,41,45)/t34?,35-,36+/m1/s1. The molecule has 0 radical (unpaired) electrons. The maximum absolute atomic E-state index is 12.7. The quantitative estimate of drug-likeness (QED) is 0.0498. The molecule has 0 saturated carbocycles. The summed E-state index contributed by atoms with van der Waals surface area (Å²) in [5.74, 6) is 0.170. The predicted octanol–water partition coefficient (Wildman–Crippen LogP) is 8.97. The summed E-state index contributed by atoms with van der Waals surface area (Å²) < 4.78 is 11.3. The van der Waals surface area contributed by atoms with Gasteiger partial charge in [-0.1, -0.05) is 130 Å². The maximum atomic E-state index is 12.7. The van der Waals surface area contributed by atoms with Crippen LogP contribution in [0.25, 0.3) is 0 Å². The number of carbonyl (C=O) groups is 3. The fraction of sp³-hybridized carbons (Fsp3) is 0.923. The summed E-state index contributed by atoms with van der Waals surface area (Å²) in [4.78, 5) is 40.2. The highest BCUT2D eigenvalue weighted by Crippen LogP contribution is 2.15. The normalized spacial score (nSPS) is 13.3. The van der Waals surface area contributed by atoms with E-state index in [4.69, 9.17) is 15.2 Å². The molecule has 9 heteroatoms. The third-order valence-electron chi connectivity index (χ3n) is 9.03. The van der Waals surface area contributed by atoms with Gasteiger partial charge in [-0.05, 0) is 52.2 Å². The van der Waals surface area contributed by atoms with Gasteiger partial charge in [0.25, 0.3) is 0 Å². The Labute approximate surface area is 300 Å². The van der Waals surface area contributed by atoms with Gasteiger partial charge >= 0.3 is 11.9 Å². The summed E-state index contributed by atoms with van der Waals surface area (Å²) in [7, 11) is 0. The van der Waals surface area contributed by atoms with E-state index in [0.29, 0.717) is 24.3 Å². The minimum atomic E-state index is -0.659. The van der Waals surface area contributed by atoms with Gasteiger partial charge in [0.05, 0.1) is 6.04 Å². The summed E-state index contributed by atoms with van der Waals surface area (Å²) in [6.45, 7) is 14.0. The number of nitrogens with one attached hydrogen (secondary N) is 1. The van der Waals surface area contributed by atoms with Crippen LogP contribution in [0.5, 0.6) is 0 Å². The fourth-order valence-corrected chi connectivity index (χ4v) is 6.73. The number of rotatable bonds is 35. The SMILES string of the molecule is CCCCCCCCCCCC(=O)OC[C@H](CSC[C@H](N)C(=O)NC(C)CCCN(CC)CC)OC(=O)CCCCCCCCCCC. The molecule has 3 N–H and O–H groups in total. The van der Waals surface area contributed by atoms with Gasteiger partial charge in [0.2, 0.25) is 5.91 Å². The Kier molecular flexibility index (Phi) is 33.2. The molecule has 0 aromatic carbocycles. The van der Waals surface area contributed by atoms with Gasteiger partial charge in [0.15, 0.2) is 0 Å². The molecule has 0 rings (SSSR count). The Morgan fingerprint density at radius 3 is 1.65 bits per heavy atom. The largest absolute Gasteiger partial charge is 0.462 e. The Balaban J connectivity index is 4.59. The van der Waals surface area contributed by atoms with Gasteiger partial charge < -0.3 is 25.4 Å². The highest BCUT2D eigenvalue weighted by Gasteiger charge is 2.20. The summed E-state index contributed by atoms with van der Waals surface area (Å²) in [6, 6.07) is -0.600. The first kappa shape index (κ1) is 46.7. The summed E-state index contributed by atoms with van der Waals surface area (Å²) >= 11 is 1.46. The van der Waals surface area contributed by atoms with Crippen LogP contribution in [0.4, 0.5) is 0 Å². The zero-order chi connectivity index (χ0) is 35.7. The van der Waals surface area contributed by atoms with E-state index in [9.17, 15) is 14.4 Å². The number of hydrogen-bond donors (Lipinski definition) is 2. The topological polar surface area (TPSA) is 111 Å². The molecule has 48 heavy (non-hydrogen) atoms. The number of esters is 2. The fourth-order valence-electron chi connectivity index (χ4n) is 5.76. The number of hydrogen-bond acceptors (Lipinski definition) is 8. The van der Waals surface area contributed by atoms with Crippen molar-refractivity contribution in [2.24, 2.45) is 5.73 Å². The highest BCUT2D eigenvalue weighted by atomic mass is 32.2. The lowest BCUT2D eigenvalue weighted by molar-refractivity contribution is -0.157. The lowest BCUT2D eigenvalue weighted by Crippen LogP contribution is -2.46. The minimum absolute atomic E-state index is 0.0395. The van der Waals surface area contributed by atoms with Gasteiger partial charge in [0.1, 0.15) is 12.7 Å². The summed E-state index contributed by atoms with van der Waals surface area (Å²) in [6.07, 6.45) is 23.5. The molecule has 1 amide bonds. The number of nitrogens with zero attached hydrogens (tertiary/aromatic N) is 1. The maximum Gasteiger partial charge on any atom is 0.306 e. The van der Waals surface area contributed by atoms with E-state index in [-0.39, 0.29) is 30.5 Å². The molecule has 284 valence electrons. The van der Waals surface area contributed by atoms with Crippen molar-refractivity contribution in [3.8, 4) is 0 Å². The Hall–Kier alpha value is -1.32. The lowest BCUT2D eigenvalue weighted by Gasteiger charge is -2.21. The summed E-state index contributed by atoms with van der Waals surface area (Å²) in [5.41, 5.74) is 6.22. The first-order chi connectivity index (χ1) is 23.3. The van der Waals surface area contributed by atoms with Gasteiger partial charge in [-0.3, -0.25) is 14.4 Å². The molecule has 0 spiro atoms. The molecule has 0 aliphatic heterocycles. The van der Waals surface area contributed by atoms with Crippen molar-refractivity contribution in [1.82, 2.24) is 10.2 Å². The minimum Gasteiger partial charge on any atom is -0.462 e. The second-order valence-electron chi connectivity index (χ2n) is 13.7. The second-order valence-corrected chi connectivity index (χ2v) is 14.7. The molecular formula is C39H77N3O5S. The molecule has 0 aliphatic carbocycles. The molecule has 8 nitrogen and oxygen atoms in total. The van der Waals surface area contributed by atoms with Crippen LogP contribution in [0.2, 0.25) is 0 Å². The van der Waals surface area contributed by atoms with Crippen LogP contribution < -0.4 is 11.1 Å². The van der Waals surface area contributed by atoms with Crippen LogP contribution in [-0.4, -0.2) is 78.7 Å². The molecule has 0 bridgehead atoms. The van der Waals surface area contributed by atoms with Crippen LogP contribution in [-0.2, 0) is 23.9 Å². The number of unbranched alkanes of at least 4 members (excludes halogenated alkanes) is 16. The number of ether oxygens (including phenoxy) is 2. The van der Waals surface area contributed by atoms with Crippen LogP contribution in [0.3, 0.4) is 0 Å². The smallest absolute Gasteiger partial charge is 0.306 e. The molecule has 0 heterocycles. The molecule has 1 unspecified atom stereocenters. The third-order valence-corrected chi connectivity index (χ3v) is 10.2.